The Morgan fingerprint density at radius 1 is 1.08 bits per heavy atom. The molecule has 1 amide bonds. The van der Waals surface area contributed by atoms with Gasteiger partial charge in [-0.3, -0.25) is 14.5 Å². The van der Waals surface area contributed by atoms with E-state index in [1.165, 1.54) is 11.0 Å². The van der Waals surface area contributed by atoms with Crippen LogP contribution in [-0.4, -0.2) is 29.5 Å². The molecule has 0 aromatic heterocycles. The molecule has 4 rings (SSSR count). The minimum absolute atomic E-state index is 0.0282. The molecule has 0 saturated carbocycles. The quantitative estimate of drug-likeness (QED) is 0.234. The van der Waals surface area contributed by atoms with Crippen LogP contribution in [-0.2, 0) is 9.59 Å². The van der Waals surface area contributed by atoms with Gasteiger partial charge in [-0.15, -0.1) is 0 Å². The second kappa shape index (κ2) is 10.8. The first-order valence-electron chi connectivity index (χ1n) is 11.8. The number of amides is 1. The van der Waals surface area contributed by atoms with E-state index >= 15 is 0 Å². The number of ketones is 1. The summed E-state index contributed by atoms with van der Waals surface area (Å²) in [5, 5.41) is 20.9. The molecule has 7 nitrogen and oxygen atoms in total. The number of rotatable bonds is 7. The smallest absolute Gasteiger partial charge is 0.300 e. The van der Waals surface area contributed by atoms with Crippen LogP contribution in [0.5, 0.6) is 11.5 Å². The van der Waals surface area contributed by atoms with Gasteiger partial charge in [-0.2, -0.15) is 5.26 Å². The average molecular weight is 517 g/mol. The number of carbonyl (C=O) groups is 2. The minimum atomic E-state index is -0.924. The number of aliphatic hydroxyl groups is 1. The normalized spacial score (nSPS) is 16.6. The molecule has 0 radical (unpaired) electrons. The zero-order valence-electron chi connectivity index (χ0n) is 20.6. The minimum Gasteiger partial charge on any atom is -0.507 e. The molecule has 3 aromatic rings. The number of nitriles is 1. The highest BCUT2D eigenvalue weighted by molar-refractivity contribution is 6.51. The molecule has 3 aromatic carbocycles. The van der Waals surface area contributed by atoms with E-state index in [4.69, 9.17) is 21.1 Å². The van der Waals surface area contributed by atoms with Crippen molar-refractivity contribution in [2.75, 3.05) is 11.5 Å². The Labute approximate surface area is 220 Å². The predicted octanol–water partition coefficient (Wildman–Crippen LogP) is 6.02. The number of ether oxygens (including phenoxy) is 2. The third-order valence-electron chi connectivity index (χ3n) is 5.79. The van der Waals surface area contributed by atoms with Crippen molar-refractivity contribution in [3.05, 3.63) is 94.0 Å². The molecule has 1 aliphatic rings. The number of nitrogens with zero attached hydrogens (tertiary/aromatic N) is 2. The Kier molecular flexibility index (Phi) is 7.51. The summed E-state index contributed by atoms with van der Waals surface area (Å²) in [6.07, 6.45) is -0.0282. The van der Waals surface area contributed by atoms with Crippen molar-refractivity contribution in [3.8, 4) is 17.6 Å². The third kappa shape index (κ3) is 5.16. The highest BCUT2D eigenvalue weighted by Crippen LogP contribution is 2.43. The summed E-state index contributed by atoms with van der Waals surface area (Å²) in [5.74, 6) is -0.992. The van der Waals surface area contributed by atoms with Crippen molar-refractivity contribution >= 4 is 34.7 Å². The van der Waals surface area contributed by atoms with Crippen LogP contribution in [0.25, 0.3) is 5.76 Å². The summed E-state index contributed by atoms with van der Waals surface area (Å²) in [5.41, 5.74) is 1.64. The van der Waals surface area contributed by atoms with Crippen LogP contribution in [0.2, 0.25) is 5.02 Å². The molecular formula is C29H25ClN2O5. The topological polar surface area (TPSA) is 99.9 Å². The van der Waals surface area contributed by atoms with Crippen LogP contribution in [0.1, 0.15) is 43.5 Å². The average Bonchev–Trinajstić information content (AvgIpc) is 3.15. The van der Waals surface area contributed by atoms with E-state index in [-0.39, 0.29) is 23.0 Å². The summed E-state index contributed by atoms with van der Waals surface area (Å²) < 4.78 is 11.3. The lowest BCUT2D eigenvalue weighted by atomic mass is 9.95. The standard InChI is InChI=1S/C29H25ClN2O5/c1-4-36-24-15-20(9-14-23(24)30)27(33)25-26(19-7-12-22(13-8-19)37-17(2)3)32(29(35)28(25)34)21-10-5-18(16-31)6-11-21/h5-15,17,26,33H,4H2,1-3H3/b27-25-. The van der Waals surface area contributed by atoms with Gasteiger partial charge >= 0.3 is 0 Å². The van der Waals surface area contributed by atoms with Gasteiger partial charge in [0.2, 0.25) is 0 Å². The molecule has 0 bridgehead atoms. The maximum atomic E-state index is 13.4. The van der Waals surface area contributed by atoms with Crippen LogP contribution in [0, 0.1) is 11.3 Å². The molecule has 0 aliphatic carbocycles. The van der Waals surface area contributed by atoms with Gasteiger partial charge in [0.15, 0.2) is 0 Å². The first-order chi connectivity index (χ1) is 17.7. The molecule has 8 heteroatoms. The molecule has 0 spiro atoms. The van der Waals surface area contributed by atoms with Crippen LogP contribution < -0.4 is 14.4 Å². The lowest BCUT2D eigenvalue weighted by Crippen LogP contribution is -2.29. The molecule has 1 saturated heterocycles. The van der Waals surface area contributed by atoms with E-state index in [1.807, 2.05) is 19.9 Å². The second-order valence-electron chi connectivity index (χ2n) is 8.64. The molecule has 1 N–H and O–H groups in total. The maximum Gasteiger partial charge on any atom is 0.300 e. The van der Waals surface area contributed by atoms with Crippen molar-refractivity contribution in [3.63, 3.8) is 0 Å². The molecule has 1 heterocycles. The molecule has 1 unspecified atom stereocenters. The molecule has 188 valence electrons. The monoisotopic (exact) mass is 516 g/mol. The van der Waals surface area contributed by atoms with Gasteiger partial charge in [-0.1, -0.05) is 23.7 Å². The van der Waals surface area contributed by atoms with E-state index in [9.17, 15) is 20.0 Å². The Morgan fingerprint density at radius 2 is 1.76 bits per heavy atom. The van der Waals surface area contributed by atoms with Crippen LogP contribution >= 0.6 is 11.6 Å². The number of carbonyl (C=O) groups excluding carboxylic acids is 2. The lowest BCUT2D eigenvalue weighted by Gasteiger charge is -2.25. The largest absolute Gasteiger partial charge is 0.507 e. The number of anilines is 1. The number of benzene rings is 3. The Balaban J connectivity index is 1.89. The summed E-state index contributed by atoms with van der Waals surface area (Å²) in [4.78, 5) is 28.0. The van der Waals surface area contributed by atoms with E-state index < -0.39 is 17.7 Å². The molecule has 1 atom stereocenters. The van der Waals surface area contributed by atoms with E-state index in [2.05, 4.69) is 0 Å². The van der Waals surface area contributed by atoms with Crippen molar-refractivity contribution in [2.45, 2.75) is 32.9 Å². The first-order valence-corrected chi connectivity index (χ1v) is 12.1. The van der Waals surface area contributed by atoms with Gasteiger partial charge in [0, 0.05) is 11.3 Å². The Hall–Kier alpha value is -4.28. The zero-order chi connectivity index (χ0) is 26.7. The molecular weight excluding hydrogens is 492 g/mol. The van der Waals surface area contributed by atoms with Crippen molar-refractivity contribution < 1.29 is 24.2 Å². The van der Waals surface area contributed by atoms with Gasteiger partial charge in [-0.25, -0.2) is 0 Å². The molecule has 37 heavy (non-hydrogen) atoms. The first kappa shape index (κ1) is 25.8. The van der Waals surface area contributed by atoms with E-state index in [1.54, 1.807) is 67.6 Å². The number of hydrogen-bond acceptors (Lipinski definition) is 6. The molecule has 1 fully saturated rings. The Morgan fingerprint density at radius 3 is 2.35 bits per heavy atom. The number of halogens is 1. The summed E-state index contributed by atoms with van der Waals surface area (Å²) in [6.45, 7) is 5.99. The number of Topliss-reactive ketones (excluding diaryl/α,β-unsaturated/α-hetero) is 1. The SMILES string of the molecule is CCOc1cc(/C(O)=C2/C(=O)C(=O)N(c3ccc(C#N)cc3)C2c2ccc(OC(C)C)cc2)ccc1Cl. The van der Waals surface area contributed by atoms with E-state index in [0.717, 1.165) is 0 Å². The predicted molar refractivity (Wildman–Crippen MR) is 141 cm³/mol. The van der Waals surface area contributed by atoms with Crippen LogP contribution in [0.3, 0.4) is 0 Å². The van der Waals surface area contributed by atoms with Gasteiger partial charge in [0.1, 0.15) is 17.3 Å². The van der Waals surface area contributed by atoms with Crippen molar-refractivity contribution in [2.24, 2.45) is 0 Å². The number of aliphatic hydroxyl groups excluding tert-OH is 1. The molecule has 1 aliphatic heterocycles. The Bertz CT molecular complexity index is 1410. The fourth-order valence-corrected chi connectivity index (χ4v) is 4.36. The van der Waals surface area contributed by atoms with Gasteiger partial charge < -0.3 is 14.6 Å². The highest BCUT2D eigenvalue weighted by atomic mass is 35.5. The van der Waals surface area contributed by atoms with Crippen LogP contribution in [0.15, 0.2) is 72.3 Å². The lowest BCUT2D eigenvalue weighted by molar-refractivity contribution is -0.132. The summed E-state index contributed by atoms with van der Waals surface area (Å²) >= 11 is 6.21. The van der Waals surface area contributed by atoms with Crippen LogP contribution in [0.4, 0.5) is 5.69 Å². The van der Waals surface area contributed by atoms with Gasteiger partial charge in [0.25, 0.3) is 11.7 Å². The van der Waals surface area contributed by atoms with E-state index in [0.29, 0.717) is 39.9 Å². The van der Waals surface area contributed by atoms with Crippen molar-refractivity contribution in [1.29, 1.82) is 5.26 Å². The second-order valence-corrected chi connectivity index (χ2v) is 9.05. The fourth-order valence-electron chi connectivity index (χ4n) is 4.18. The van der Waals surface area contributed by atoms with Gasteiger partial charge in [-0.05, 0) is 80.9 Å². The summed E-state index contributed by atoms with van der Waals surface area (Å²) in [7, 11) is 0. The van der Waals surface area contributed by atoms with Crippen molar-refractivity contribution in [1.82, 2.24) is 0 Å². The zero-order valence-corrected chi connectivity index (χ0v) is 21.3. The number of hydrogen-bond donors (Lipinski definition) is 1. The summed E-state index contributed by atoms with van der Waals surface area (Å²) in [6, 6.07) is 19.1. The van der Waals surface area contributed by atoms with Gasteiger partial charge in [0.05, 0.1) is 41.0 Å². The maximum absolute atomic E-state index is 13.4. The highest BCUT2D eigenvalue weighted by Gasteiger charge is 2.47. The third-order valence-corrected chi connectivity index (χ3v) is 6.10. The fraction of sp³-hybridized carbons (Fsp3) is 0.207.